The van der Waals surface area contributed by atoms with Gasteiger partial charge in [0, 0.05) is 23.6 Å². The molecular weight excluding hydrogens is 473 g/mol. The monoisotopic (exact) mass is 500 g/mol. The number of rotatable bonds is 5. The van der Waals surface area contributed by atoms with Crippen molar-refractivity contribution in [1.29, 1.82) is 0 Å². The van der Waals surface area contributed by atoms with Crippen LogP contribution in [0.5, 0.6) is 0 Å². The fraction of sp³-hybridized carbons (Fsp3) is 0.385. The molecule has 1 aliphatic rings. The minimum Gasteiger partial charge on any atom is -0.481 e. The van der Waals surface area contributed by atoms with Crippen molar-refractivity contribution < 1.29 is 28.2 Å². The summed E-state index contributed by atoms with van der Waals surface area (Å²) in [6, 6.07) is 9.78. The maximum atomic E-state index is 13.0. The van der Waals surface area contributed by atoms with Crippen LogP contribution >= 0.6 is 0 Å². The maximum absolute atomic E-state index is 13.0. The molecule has 3 aromatic rings. The average molecular weight is 501 g/mol. The van der Waals surface area contributed by atoms with Crippen molar-refractivity contribution in [1.82, 2.24) is 15.0 Å². The van der Waals surface area contributed by atoms with Gasteiger partial charge >= 0.3 is 12.1 Å². The molecule has 0 radical (unpaired) electrons. The number of hydrogen-bond donors (Lipinski definition) is 3. The van der Waals surface area contributed by atoms with Crippen LogP contribution in [0.25, 0.3) is 11.1 Å². The second kappa shape index (κ2) is 9.16. The number of carboxylic acid groups (broad SMARTS) is 1. The van der Waals surface area contributed by atoms with E-state index in [1.165, 1.54) is 0 Å². The Balaban J connectivity index is 1.57. The molecule has 1 aromatic carbocycles. The summed E-state index contributed by atoms with van der Waals surface area (Å²) in [5.41, 5.74) is 0.510. The molecule has 3 N–H and O–H groups in total. The fourth-order valence-corrected chi connectivity index (χ4v) is 4.98. The Hall–Kier alpha value is -3.53. The van der Waals surface area contributed by atoms with Gasteiger partial charge in [0.15, 0.2) is 0 Å². The SMILES string of the molecule is Cc1cc(Nc2nccc(C(F)(F)F)n2)cc(-c2ccc([C@@]3(O)CC[C@H](C(=O)O)C(C)(C)C3)nc2)c1. The number of halogens is 3. The van der Waals surface area contributed by atoms with Crippen LogP contribution in [0, 0.1) is 18.3 Å². The lowest BCUT2D eigenvalue weighted by atomic mass is 9.62. The van der Waals surface area contributed by atoms with Gasteiger partial charge < -0.3 is 15.5 Å². The number of carboxylic acids is 1. The van der Waals surface area contributed by atoms with Gasteiger partial charge in [-0.15, -0.1) is 0 Å². The zero-order chi connectivity index (χ0) is 26.3. The zero-order valence-corrected chi connectivity index (χ0v) is 20.1. The molecule has 4 rings (SSSR count). The first kappa shape index (κ1) is 25.6. The van der Waals surface area contributed by atoms with Gasteiger partial charge in [0.05, 0.1) is 11.6 Å². The third-order valence-corrected chi connectivity index (χ3v) is 6.69. The molecule has 0 spiro atoms. The molecule has 10 heteroatoms. The van der Waals surface area contributed by atoms with Crippen molar-refractivity contribution in [3.05, 3.63) is 65.7 Å². The van der Waals surface area contributed by atoms with E-state index in [1.54, 1.807) is 24.4 Å². The number of aromatic nitrogens is 3. The second-order valence-electron chi connectivity index (χ2n) is 10.0. The van der Waals surface area contributed by atoms with Gasteiger partial charge in [0.2, 0.25) is 5.95 Å². The van der Waals surface area contributed by atoms with Gasteiger partial charge in [-0.3, -0.25) is 9.78 Å². The smallest absolute Gasteiger partial charge is 0.433 e. The highest BCUT2D eigenvalue weighted by atomic mass is 19.4. The summed E-state index contributed by atoms with van der Waals surface area (Å²) >= 11 is 0. The Bertz CT molecular complexity index is 1280. The van der Waals surface area contributed by atoms with Crippen molar-refractivity contribution >= 4 is 17.6 Å². The van der Waals surface area contributed by atoms with Crippen LogP contribution in [0.2, 0.25) is 0 Å². The number of hydrogen-bond acceptors (Lipinski definition) is 6. The molecule has 2 heterocycles. The van der Waals surface area contributed by atoms with Crippen molar-refractivity contribution in [3.8, 4) is 11.1 Å². The van der Waals surface area contributed by atoms with Crippen LogP contribution in [0.4, 0.5) is 24.8 Å². The lowest BCUT2D eigenvalue weighted by molar-refractivity contribution is -0.154. The van der Waals surface area contributed by atoms with Gasteiger partial charge in [-0.1, -0.05) is 26.0 Å². The van der Waals surface area contributed by atoms with Gasteiger partial charge in [-0.25, -0.2) is 9.97 Å². The standard InChI is InChI=1S/C26H27F3N4O3/c1-15-10-17(12-18(11-15)32-23-30-9-7-21(33-23)26(27,28)29)16-4-5-20(31-13-16)25(36)8-6-19(22(34)35)24(2,3)14-25/h4-5,7,9-13,19,36H,6,8,14H2,1-3H3,(H,34,35)(H,30,32,33)/t19-,25-/m1/s1. The largest absolute Gasteiger partial charge is 0.481 e. The van der Waals surface area contributed by atoms with Crippen LogP contribution in [-0.4, -0.2) is 31.1 Å². The van der Waals surface area contributed by atoms with Gasteiger partial charge in [0.1, 0.15) is 11.3 Å². The molecule has 7 nitrogen and oxygen atoms in total. The summed E-state index contributed by atoms with van der Waals surface area (Å²) in [4.78, 5) is 23.5. The highest BCUT2D eigenvalue weighted by Crippen LogP contribution is 2.49. The van der Waals surface area contributed by atoms with E-state index in [2.05, 4.69) is 20.3 Å². The first-order valence-electron chi connectivity index (χ1n) is 11.5. The Labute approximate surface area is 206 Å². The molecule has 1 saturated carbocycles. The quantitative estimate of drug-likeness (QED) is 0.412. The molecule has 0 amide bonds. The van der Waals surface area contributed by atoms with E-state index in [1.807, 2.05) is 32.9 Å². The minimum absolute atomic E-state index is 0.170. The highest BCUT2D eigenvalue weighted by Gasteiger charge is 2.48. The molecule has 1 fully saturated rings. The second-order valence-corrected chi connectivity index (χ2v) is 10.0. The molecule has 0 bridgehead atoms. The molecule has 0 saturated heterocycles. The van der Waals surface area contributed by atoms with Crippen LogP contribution in [0.1, 0.15) is 50.1 Å². The number of aryl methyl sites for hydroxylation is 1. The first-order valence-corrected chi connectivity index (χ1v) is 11.5. The van der Waals surface area contributed by atoms with Crippen molar-refractivity contribution in [2.75, 3.05) is 5.32 Å². The lowest BCUT2D eigenvalue weighted by Gasteiger charge is -2.44. The summed E-state index contributed by atoms with van der Waals surface area (Å²) in [5.74, 6) is -1.56. The van der Waals surface area contributed by atoms with E-state index in [0.29, 0.717) is 24.2 Å². The maximum Gasteiger partial charge on any atom is 0.433 e. The average Bonchev–Trinajstić information content (AvgIpc) is 2.77. The number of alkyl halides is 3. The summed E-state index contributed by atoms with van der Waals surface area (Å²) in [6.07, 6.45) is -0.964. The number of benzene rings is 1. The number of nitrogens with one attached hydrogen (secondary N) is 1. The number of carbonyl (C=O) groups is 1. The Morgan fingerprint density at radius 3 is 2.47 bits per heavy atom. The Kier molecular flexibility index (Phi) is 6.51. The van der Waals surface area contributed by atoms with E-state index < -0.39 is 34.8 Å². The molecule has 36 heavy (non-hydrogen) atoms. The number of aliphatic carboxylic acids is 1. The topological polar surface area (TPSA) is 108 Å². The first-order chi connectivity index (χ1) is 16.8. The molecule has 2 aromatic heterocycles. The summed E-state index contributed by atoms with van der Waals surface area (Å²) < 4.78 is 38.9. The van der Waals surface area contributed by atoms with E-state index in [4.69, 9.17) is 0 Å². The van der Waals surface area contributed by atoms with Crippen LogP contribution in [-0.2, 0) is 16.6 Å². The Morgan fingerprint density at radius 1 is 1.11 bits per heavy atom. The van der Waals surface area contributed by atoms with Crippen LogP contribution < -0.4 is 5.32 Å². The predicted octanol–water partition coefficient (Wildman–Crippen LogP) is 5.71. The fourth-order valence-electron chi connectivity index (χ4n) is 4.98. The van der Waals surface area contributed by atoms with Gasteiger partial charge in [-0.2, -0.15) is 13.2 Å². The normalized spacial score (nSPS) is 21.7. The molecule has 0 unspecified atom stereocenters. The summed E-state index contributed by atoms with van der Waals surface area (Å²) in [6.45, 7) is 5.55. The number of aliphatic hydroxyl groups is 1. The molecular formula is C26H27F3N4O3. The Morgan fingerprint density at radius 2 is 1.86 bits per heavy atom. The zero-order valence-electron chi connectivity index (χ0n) is 20.1. The van der Waals surface area contributed by atoms with Crippen LogP contribution in [0.15, 0.2) is 48.8 Å². The van der Waals surface area contributed by atoms with Crippen molar-refractivity contribution in [3.63, 3.8) is 0 Å². The van der Waals surface area contributed by atoms with Gasteiger partial charge in [0.25, 0.3) is 0 Å². The molecule has 190 valence electrons. The number of pyridine rings is 1. The van der Waals surface area contributed by atoms with Gasteiger partial charge in [-0.05, 0) is 67.0 Å². The van der Waals surface area contributed by atoms with E-state index in [-0.39, 0.29) is 12.4 Å². The van der Waals surface area contributed by atoms with E-state index >= 15 is 0 Å². The van der Waals surface area contributed by atoms with E-state index in [9.17, 15) is 28.2 Å². The number of nitrogens with zero attached hydrogens (tertiary/aromatic N) is 3. The van der Waals surface area contributed by atoms with E-state index in [0.717, 1.165) is 29.0 Å². The predicted molar refractivity (Wildman–Crippen MR) is 127 cm³/mol. The minimum atomic E-state index is -4.57. The third-order valence-electron chi connectivity index (χ3n) is 6.69. The summed E-state index contributed by atoms with van der Waals surface area (Å²) in [5, 5.41) is 23.6. The summed E-state index contributed by atoms with van der Waals surface area (Å²) in [7, 11) is 0. The molecule has 0 aliphatic heterocycles. The van der Waals surface area contributed by atoms with Crippen molar-refractivity contribution in [2.45, 2.75) is 51.8 Å². The van der Waals surface area contributed by atoms with Crippen molar-refractivity contribution in [2.24, 2.45) is 11.3 Å². The number of anilines is 2. The third kappa shape index (κ3) is 5.33. The lowest BCUT2D eigenvalue weighted by Crippen LogP contribution is -2.45. The highest BCUT2D eigenvalue weighted by molar-refractivity contribution is 5.72. The molecule has 2 atom stereocenters. The van der Waals surface area contributed by atoms with Crippen LogP contribution in [0.3, 0.4) is 0 Å². The molecule has 1 aliphatic carbocycles.